The number of urea groups is 1. The number of piperazine rings is 1. The fraction of sp³-hybridized carbons (Fsp3) is 0.545. The summed E-state index contributed by atoms with van der Waals surface area (Å²) in [6.07, 6.45) is 7.02. The molecule has 1 aromatic carbocycles. The maximum absolute atomic E-state index is 12.5. The van der Waals surface area contributed by atoms with E-state index < -0.39 is 6.04 Å². The molecule has 6 heteroatoms. The van der Waals surface area contributed by atoms with Crippen LogP contribution in [0.3, 0.4) is 0 Å². The Hall–Kier alpha value is -2.50. The van der Waals surface area contributed by atoms with Gasteiger partial charge in [-0.05, 0) is 49.7 Å². The number of anilines is 1. The molecule has 4 rings (SSSR count). The molecule has 150 valence electrons. The smallest absolute Gasteiger partial charge is 0.318 e. The van der Waals surface area contributed by atoms with E-state index in [4.69, 9.17) is 0 Å². The Morgan fingerprint density at radius 2 is 1.82 bits per heavy atom. The van der Waals surface area contributed by atoms with Crippen molar-refractivity contribution in [1.29, 1.82) is 0 Å². The first-order chi connectivity index (χ1) is 13.6. The third kappa shape index (κ3) is 4.16. The summed E-state index contributed by atoms with van der Waals surface area (Å²) in [6, 6.07) is 9.58. The molecule has 1 heterocycles. The van der Waals surface area contributed by atoms with Crippen LogP contribution in [0.15, 0.2) is 42.5 Å². The van der Waals surface area contributed by atoms with Crippen LogP contribution in [-0.4, -0.2) is 55.6 Å². The van der Waals surface area contributed by atoms with Gasteiger partial charge in [-0.25, -0.2) is 4.79 Å². The van der Waals surface area contributed by atoms with Crippen LogP contribution in [0.4, 0.5) is 10.5 Å². The Kier molecular flexibility index (Phi) is 5.55. The van der Waals surface area contributed by atoms with Gasteiger partial charge in [0.25, 0.3) is 0 Å². The first-order valence-electron chi connectivity index (χ1n) is 10.4. The highest BCUT2D eigenvalue weighted by Crippen LogP contribution is 2.42. The molecule has 2 bridgehead atoms. The van der Waals surface area contributed by atoms with Crippen molar-refractivity contribution in [1.82, 2.24) is 15.5 Å². The number of hydrogen-bond acceptors (Lipinski definition) is 3. The van der Waals surface area contributed by atoms with Crippen LogP contribution in [0.5, 0.6) is 0 Å². The number of amides is 3. The van der Waals surface area contributed by atoms with E-state index in [1.54, 1.807) is 11.8 Å². The second kappa shape index (κ2) is 8.25. The second-order valence-corrected chi connectivity index (χ2v) is 8.27. The normalized spacial score (nSPS) is 27.0. The topological polar surface area (TPSA) is 64.7 Å². The van der Waals surface area contributed by atoms with Crippen LogP contribution in [-0.2, 0) is 4.79 Å². The van der Waals surface area contributed by atoms with E-state index in [9.17, 15) is 9.59 Å². The van der Waals surface area contributed by atoms with E-state index >= 15 is 0 Å². The number of nitrogens with one attached hydrogen (secondary N) is 2. The Balaban J connectivity index is 1.19. The molecule has 0 aromatic heterocycles. The molecular weight excluding hydrogens is 352 g/mol. The fourth-order valence-electron chi connectivity index (χ4n) is 4.66. The molecule has 1 saturated heterocycles. The number of allylic oxidation sites excluding steroid dienone is 2. The molecule has 1 aromatic rings. The van der Waals surface area contributed by atoms with Crippen molar-refractivity contribution in [3.63, 3.8) is 0 Å². The molecular formula is C22H30N4O2. The predicted octanol–water partition coefficient (Wildman–Crippen LogP) is 2.24. The van der Waals surface area contributed by atoms with Gasteiger partial charge in [0.2, 0.25) is 5.91 Å². The molecule has 3 amide bonds. The number of fused-ring (bicyclic) bond motifs is 2. The lowest BCUT2D eigenvalue weighted by molar-refractivity contribution is -0.122. The maximum atomic E-state index is 12.5. The van der Waals surface area contributed by atoms with Gasteiger partial charge in [-0.1, -0.05) is 30.4 Å². The summed E-state index contributed by atoms with van der Waals surface area (Å²) in [7, 11) is 0. The van der Waals surface area contributed by atoms with Crippen LogP contribution >= 0.6 is 0 Å². The van der Waals surface area contributed by atoms with Gasteiger partial charge in [-0.15, -0.1) is 0 Å². The molecule has 3 aliphatic rings. The number of benzene rings is 1. The van der Waals surface area contributed by atoms with Gasteiger partial charge in [-0.2, -0.15) is 0 Å². The van der Waals surface area contributed by atoms with E-state index in [-0.39, 0.29) is 11.9 Å². The summed E-state index contributed by atoms with van der Waals surface area (Å²) >= 11 is 0. The molecule has 2 aliphatic carbocycles. The zero-order valence-corrected chi connectivity index (χ0v) is 16.5. The molecule has 2 N–H and O–H groups in total. The van der Waals surface area contributed by atoms with Crippen molar-refractivity contribution >= 4 is 17.6 Å². The quantitative estimate of drug-likeness (QED) is 0.768. The molecule has 0 unspecified atom stereocenters. The molecule has 1 aliphatic heterocycles. The third-order valence-electron chi connectivity index (χ3n) is 6.38. The van der Waals surface area contributed by atoms with E-state index in [0.717, 1.165) is 13.1 Å². The van der Waals surface area contributed by atoms with Gasteiger partial charge < -0.3 is 20.4 Å². The van der Waals surface area contributed by atoms with Gasteiger partial charge in [0, 0.05) is 38.4 Å². The first kappa shape index (κ1) is 18.8. The van der Waals surface area contributed by atoms with E-state index in [1.165, 1.54) is 18.5 Å². The standard InChI is InChI=1S/C22H30N4O2/c1-16(21(27)23-15-19-14-17-7-8-18(19)13-17)24-22(28)26-11-9-25(10-12-26)20-5-3-2-4-6-20/h2-8,16-19H,9-15H2,1H3,(H,23,27)(H,24,28)/t16-,17-,18-,19-/m0/s1. The zero-order valence-electron chi connectivity index (χ0n) is 16.5. The average Bonchev–Trinajstić information content (AvgIpc) is 3.36. The Morgan fingerprint density at radius 1 is 1.07 bits per heavy atom. The molecule has 1 saturated carbocycles. The van der Waals surface area contributed by atoms with Gasteiger partial charge in [0.15, 0.2) is 0 Å². The number of carbonyl (C=O) groups is 2. The van der Waals surface area contributed by atoms with Crippen molar-refractivity contribution in [2.75, 3.05) is 37.6 Å². The van der Waals surface area contributed by atoms with Crippen LogP contribution in [0, 0.1) is 17.8 Å². The molecule has 4 atom stereocenters. The van der Waals surface area contributed by atoms with Gasteiger partial charge >= 0.3 is 6.03 Å². The molecule has 2 fully saturated rings. The molecule has 6 nitrogen and oxygen atoms in total. The van der Waals surface area contributed by atoms with E-state index in [1.807, 2.05) is 18.2 Å². The Labute approximate surface area is 167 Å². The lowest BCUT2D eigenvalue weighted by Gasteiger charge is -2.36. The Bertz CT molecular complexity index is 727. The van der Waals surface area contributed by atoms with Crippen LogP contribution < -0.4 is 15.5 Å². The number of hydrogen-bond donors (Lipinski definition) is 2. The summed E-state index contributed by atoms with van der Waals surface area (Å²) in [5.74, 6) is 1.78. The predicted molar refractivity (Wildman–Crippen MR) is 110 cm³/mol. The SMILES string of the molecule is C[C@H](NC(=O)N1CCN(c2ccccc2)CC1)C(=O)NC[C@@H]1C[C@H]2C=C[C@H]1C2. The average molecular weight is 383 g/mol. The zero-order chi connectivity index (χ0) is 19.5. The summed E-state index contributed by atoms with van der Waals surface area (Å²) in [5.41, 5.74) is 1.19. The van der Waals surface area contributed by atoms with Crippen molar-refractivity contribution in [3.05, 3.63) is 42.5 Å². The monoisotopic (exact) mass is 382 g/mol. The van der Waals surface area contributed by atoms with Crippen LogP contribution in [0.1, 0.15) is 19.8 Å². The van der Waals surface area contributed by atoms with E-state index in [0.29, 0.717) is 37.4 Å². The van der Waals surface area contributed by atoms with Gasteiger partial charge in [-0.3, -0.25) is 4.79 Å². The van der Waals surface area contributed by atoms with Gasteiger partial charge in [0.1, 0.15) is 6.04 Å². The number of para-hydroxylation sites is 1. The van der Waals surface area contributed by atoms with Crippen molar-refractivity contribution < 1.29 is 9.59 Å². The summed E-state index contributed by atoms with van der Waals surface area (Å²) in [5, 5.41) is 5.89. The molecule has 28 heavy (non-hydrogen) atoms. The van der Waals surface area contributed by atoms with Gasteiger partial charge in [0.05, 0.1) is 0 Å². The minimum Gasteiger partial charge on any atom is -0.368 e. The van der Waals surface area contributed by atoms with Crippen molar-refractivity contribution in [2.45, 2.75) is 25.8 Å². The number of nitrogens with zero attached hydrogens (tertiary/aromatic N) is 2. The van der Waals surface area contributed by atoms with E-state index in [2.05, 4.69) is 39.8 Å². The lowest BCUT2D eigenvalue weighted by atomic mass is 9.93. The highest BCUT2D eigenvalue weighted by atomic mass is 16.2. The highest BCUT2D eigenvalue weighted by molar-refractivity contribution is 5.86. The van der Waals surface area contributed by atoms with Crippen LogP contribution in [0.25, 0.3) is 0 Å². The third-order valence-corrected chi connectivity index (χ3v) is 6.38. The molecule has 0 spiro atoms. The summed E-state index contributed by atoms with van der Waals surface area (Å²) in [6.45, 7) is 5.39. The minimum atomic E-state index is -0.520. The second-order valence-electron chi connectivity index (χ2n) is 8.27. The van der Waals surface area contributed by atoms with Crippen molar-refractivity contribution in [2.24, 2.45) is 17.8 Å². The summed E-state index contributed by atoms with van der Waals surface area (Å²) in [4.78, 5) is 29.0. The first-order valence-corrected chi connectivity index (χ1v) is 10.4. The largest absolute Gasteiger partial charge is 0.368 e. The fourth-order valence-corrected chi connectivity index (χ4v) is 4.66. The number of rotatable bonds is 5. The lowest BCUT2D eigenvalue weighted by Crippen LogP contribution is -2.55. The van der Waals surface area contributed by atoms with Crippen molar-refractivity contribution in [3.8, 4) is 0 Å². The number of carbonyl (C=O) groups excluding carboxylic acids is 2. The summed E-state index contributed by atoms with van der Waals surface area (Å²) < 4.78 is 0. The highest BCUT2D eigenvalue weighted by Gasteiger charge is 2.35. The minimum absolute atomic E-state index is 0.0944. The van der Waals surface area contributed by atoms with Crippen LogP contribution in [0.2, 0.25) is 0 Å². The maximum Gasteiger partial charge on any atom is 0.318 e. The Morgan fingerprint density at radius 3 is 2.46 bits per heavy atom. The molecule has 0 radical (unpaired) electrons.